The van der Waals surface area contributed by atoms with Crippen LogP contribution in [0.5, 0.6) is 0 Å². The summed E-state index contributed by atoms with van der Waals surface area (Å²) in [5.41, 5.74) is 11.0. The normalized spacial score (nSPS) is 11.9. The van der Waals surface area contributed by atoms with Gasteiger partial charge in [-0.1, -0.05) is 115 Å². The predicted molar refractivity (Wildman–Crippen MR) is 199 cm³/mol. The topological polar surface area (TPSA) is 4.93 Å². The molecule has 0 radical (unpaired) electrons. The maximum atomic E-state index is 2.48. The van der Waals surface area contributed by atoms with Crippen LogP contribution >= 0.6 is 11.3 Å². The van der Waals surface area contributed by atoms with Gasteiger partial charge in [-0.3, -0.25) is 0 Å². The van der Waals surface area contributed by atoms with Crippen LogP contribution in [-0.2, 0) is 0 Å². The van der Waals surface area contributed by atoms with Crippen LogP contribution < -0.4 is 0 Å². The first kappa shape index (κ1) is 25.6. The van der Waals surface area contributed by atoms with Crippen LogP contribution in [0.15, 0.2) is 164 Å². The second-order valence-corrected chi connectivity index (χ2v) is 13.2. The summed E-state index contributed by atoms with van der Waals surface area (Å²) in [5, 5.41) is 7.88. The summed E-state index contributed by atoms with van der Waals surface area (Å²) in [7, 11) is 0. The van der Waals surface area contributed by atoms with E-state index in [0.29, 0.717) is 0 Å². The zero-order valence-electron chi connectivity index (χ0n) is 24.9. The third-order valence-electron chi connectivity index (χ3n) is 9.54. The fourth-order valence-electron chi connectivity index (χ4n) is 7.45. The first-order valence-corrected chi connectivity index (χ1v) is 16.6. The fraction of sp³-hybridized carbons (Fsp3) is 0. The first-order chi connectivity index (χ1) is 22.8. The molecular weight excluding hydrogens is 575 g/mol. The molecule has 0 aliphatic carbocycles. The number of nitrogens with zero attached hydrogens (tertiary/aromatic N) is 1. The quantitative estimate of drug-likeness (QED) is 0.177. The highest BCUT2D eigenvalue weighted by Crippen LogP contribution is 2.44. The molecule has 10 rings (SSSR count). The molecule has 0 bridgehead atoms. The van der Waals surface area contributed by atoms with Gasteiger partial charge in [-0.05, 0) is 92.7 Å². The molecule has 0 amide bonds. The molecule has 8 aromatic carbocycles. The van der Waals surface area contributed by atoms with Gasteiger partial charge >= 0.3 is 0 Å². The van der Waals surface area contributed by atoms with E-state index in [1.54, 1.807) is 0 Å². The Kier molecular flexibility index (Phi) is 5.51. The van der Waals surface area contributed by atoms with Gasteiger partial charge in [0.25, 0.3) is 0 Å². The van der Waals surface area contributed by atoms with E-state index in [9.17, 15) is 0 Å². The van der Waals surface area contributed by atoms with E-state index in [-0.39, 0.29) is 0 Å². The number of thiophene rings is 1. The van der Waals surface area contributed by atoms with Crippen molar-refractivity contribution in [1.82, 2.24) is 4.57 Å². The molecule has 46 heavy (non-hydrogen) atoms. The fourth-order valence-corrected chi connectivity index (χ4v) is 8.53. The van der Waals surface area contributed by atoms with Crippen LogP contribution in [0, 0.1) is 0 Å². The number of benzene rings is 8. The number of hydrogen-bond donors (Lipinski definition) is 0. The van der Waals surface area contributed by atoms with Gasteiger partial charge in [0.05, 0.1) is 11.0 Å². The summed E-state index contributed by atoms with van der Waals surface area (Å²) in [5.74, 6) is 0. The molecule has 0 atom stereocenters. The van der Waals surface area contributed by atoms with E-state index in [4.69, 9.17) is 0 Å². The molecule has 1 nitrogen and oxygen atoms in total. The zero-order valence-corrected chi connectivity index (χ0v) is 25.8. The largest absolute Gasteiger partial charge is 0.309 e. The Hall–Kier alpha value is -5.70. The molecule has 0 aliphatic rings. The lowest BCUT2D eigenvalue weighted by molar-refractivity contribution is 1.18. The Balaban J connectivity index is 1.25. The van der Waals surface area contributed by atoms with Crippen molar-refractivity contribution in [2.24, 2.45) is 0 Å². The summed E-state index contributed by atoms with van der Waals surface area (Å²) in [4.78, 5) is 0. The van der Waals surface area contributed by atoms with Gasteiger partial charge in [0.2, 0.25) is 0 Å². The summed E-state index contributed by atoms with van der Waals surface area (Å²) < 4.78 is 5.15. The van der Waals surface area contributed by atoms with Crippen molar-refractivity contribution in [1.29, 1.82) is 0 Å². The molecule has 0 unspecified atom stereocenters. The predicted octanol–water partition coefficient (Wildman–Crippen LogP) is 12.7. The molecule has 0 N–H and O–H groups in total. The van der Waals surface area contributed by atoms with Gasteiger partial charge in [-0.15, -0.1) is 11.3 Å². The highest BCUT2D eigenvalue weighted by Gasteiger charge is 2.20. The minimum atomic E-state index is 1.17. The number of aromatic nitrogens is 1. The highest BCUT2D eigenvalue weighted by molar-refractivity contribution is 7.25. The smallest absolute Gasteiger partial charge is 0.0547 e. The molecule has 0 aliphatic heterocycles. The van der Waals surface area contributed by atoms with Crippen LogP contribution in [0.4, 0.5) is 0 Å². The second-order valence-electron chi connectivity index (χ2n) is 12.1. The van der Waals surface area contributed by atoms with E-state index in [1.807, 2.05) is 11.3 Å². The monoisotopic (exact) mass is 601 g/mol. The SMILES string of the molecule is c1ccc(-c2cc(-c3ccccc3)cc(-n3c4cccc5ccc6c(-c7ccc8sc9ccccc9c8c7)ccc3c6c54)c2)cc1. The minimum Gasteiger partial charge on any atom is -0.309 e. The van der Waals surface area contributed by atoms with Crippen LogP contribution in [0.2, 0.25) is 0 Å². The highest BCUT2D eigenvalue weighted by atomic mass is 32.1. The lowest BCUT2D eigenvalue weighted by atomic mass is 9.94. The van der Waals surface area contributed by atoms with Crippen molar-refractivity contribution in [3.05, 3.63) is 164 Å². The zero-order chi connectivity index (χ0) is 30.2. The third-order valence-corrected chi connectivity index (χ3v) is 10.7. The maximum absolute atomic E-state index is 2.48. The van der Waals surface area contributed by atoms with Gasteiger partial charge < -0.3 is 4.57 Å². The number of hydrogen-bond acceptors (Lipinski definition) is 1. The Morgan fingerprint density at radius 3 is 1.85 bits per heavy atom. The molecule has 0 saturated heterocycles. The lowest BCUT2D eigenvalue weighted by Crippen LogP contribution is -1.96. The van der Waals surface area contributed by atoms with Gasteiger partial charge in [-0.2, -0.15) is 0 Å². The van der Waals surface area contributed by atoms with E-state index < -0.39 is 0 Å². The second kappa shape index (κ2) is 9.90. The Morgan fingerprint density at radius 1 is 0.370 bits per heavy atom. The molecule has 2 heteroatoms. The van der Waals surface area contributed by atoms with Crippen LogP contribution in [0.25, 0.3) is 91.8 Å². The lowest BCUT2D eigenvalue weighted by Gasteiger charge is -2.14. The minimum absolute atomic E-state index is 1.17. The Labute approximate surface area is 270 Å². The summed E-state index contributed by atoms with van der Waals surface area (Å²) in [6.45, 7) is 0. The molecule has 214 valence electrons. The Morgan fingerprint density at radius 2 is 1.07 bits per heavy atom. The number of rotatable bonds is 4. The van der Waals surface area contributed by atoms with Gasteiger partial charge in [0.15, 0.2) is 0 Å². The van der Waals surface area contributed by atoms with Crippen molar-refractivity contribution >= 4 is 64.1 Å². The standard InChI is InChI=1S/C44H27NS/c1-3-10-28(11-4-1)32-24-33(29-12-5-2-6-13-29)26-34(25-32)45-39-16-9-14-30-18-20-37-35(21-22-40(45)44(37)43(30)39)31-19-23-42-38(27-31)36-15-7-8-17-41(36)46-42/h1-27H. The molecule has 10 aromatic rings. The summed E-state index contributed by atoms with van der Waals surface area (Å²) in [6, 6.07) is 60.2. The van der Waals surface area contributed by atoms with Crippen LogP contribution in [0.3, 0.4) is 0 Å². The van der Waals surface area contributed by atoms with E-state index in [0.717, 1.165) is 0 Å². The summed E-state index contributed by atoms with van der Waals surface area (Å²) in [6.07, 6.45) is 0. The molecule has 0 saturated carbocycles. The van der Waals surface area contributed by atoms with E-state index >= 15 is 0 Å². The van der Waals surface area contributed by atoms with Crippen molar-refractivity contribution in [3.63, 3.8) is 0 Å². The van der Waals surface area contributed by atoms with Crippen molar-refractivity contribution in [2.75, 3.05) is 0 Å². The van der Waals surface area contributed by atoms with Gasteiger partial charge in [0, 0.05) is 36.6 Å². The molecule has 2 heterocycles. The average molecular weight is 602 g/mol. The molecule has 0 spiro atoms. The van der Waals surface area contributed by atoms with Crippen LogP contribution in [0.1, 0.15) is 0 Å². The van der Waals surface area contributed by atoms with Gasteiger partial charge in [0.1, 0.15) is 0 Å². The van der Waals surface area contributed by atoms with Crippen LogP contribution in [-0.4, -0.2) is 4.57 Å². The molecule has 0 fully saturated rings. The van der Waals surface area contributed by atoms with Crippen molar-refractivity contribution in [2.45, 2.75) is 0 Å². The molecular formula is C44H27NS. The Bertz CT molecular complexity index is 2670. The van der Waals surface area contributed by atoms with Gasteiger partial charge in [-0.25, -0.2) is 0 Å². The van der Waals surface area contributed by atoms with E-state index in [2.05, 4.69) is 168 Å². The summed E-state index contributed by atoms with van der Waals surface area (Å²) >= 11 is 1.87. The third kappa shape index (κ3) is 3.81. The first-order valence-electron chi connectivity index (χ1n) is 15.8. The van der Waals surface area contributed by atoms with E-state index in [1.165, 1.54) is 91.8 Å². The molecule has 2 aromatic heterocycles. The average Bonchev–Trinajstić information content (AvgIpc) is 3.67. The van der Waals surface area contributed by atoms with Crippen molar-refractivity contribution in [3.8, 4) is 39.1 Å². The maximum Gasteiger partial charge on any atom is 0.0547 e. The van der Waals surface area contributed by atoms with Crippen molar-refractivity contribution < 1.29 is 0 Å². The number of fused-ring (bicyclic) bond motifs is 3.